The average molecular weight is 396 g/mol. The number of rotatable bonds is 5. The molecule has 0 aliphatic carbocycles. The van der Waals surface area contributed by atoms with Crippen molar-refractivity contribution in [1.82, 2.24) is 24.6 Å². The molecule has 0 atom stereocenters. The Kier molecular flexibility index (Phi) is 6.07. The number of piperidine rings is 1. The number of carbonyl (C=O) groups is 2. The van der Waals surface area contributed by atoms with Crippen LogP contribution in [0.5, 0.6) is 0 Å². The minimum absolute atomic E-state index is 0.0670. The third kappa shape index (κ3) is 4.93. The highest BCUT2D eigenvalue weighted by atomic mass is 16.2. The van der Waals surface area contributed by atoms with Crippen LogP contribution in [-0.4, -0.2) is 75.6 Å². The molecule has 2 aliphatic rings. The lowest BCUT2D eigenvalue weighted by atomic mass is 9.92. The van der Waals surface area contributed by atoms with Gasteiger partial charge in [0.2, 0.25) is 11.8 Å². The van der Waals surface area contributed by atoms with Gasteiger partial charge >= 0.3 is 0 Å². The summed E-state index contributed by atoms with van der Waals surface area (Å²) in [4.78, 5) is 35.2. The van der Waals surface area contributed by atoms with E-state index >= 15 is 0 Å². The largest absolute Gasteiger partial charge is 0.368 e. The predicted octanol–water partition coefficient (Wildman–Crippen LogP) is 1.26. The van der Waals surface area contributed by atoms with Gasteiger partial charge in [0.05, 0.1) is 0 Å². The van der Waals surface area contributed by atoms with Crippen molar-refractivity contribution in [2.24, 2.45) is 5.92 Å². The summed E-state index contributed by atoms with van der Waals surface area (Å²) in [5, 5.41) is 3.99. The normalized spacial score (nSPS) is 18.1. The Morgan fingerprint density at radius 3 is 2.24 bits per heavy atom. The van der Waals surface area contributed by atoms with E-state index in [1.807, 2.05) is 15.9 Å². The van der Waals surface area contributed by atoms with Crippen LogP contribution in [0.15, 0.2) is 43.0 Å². The molecule has 2 fully saturated rings. The summed E-state index contributed by atoms with van der Waals surface area (Å²) in [6, 6.07) is 10.4. The van der Waals surface area contributed by atoms with Crippen LogP contribution in [-0.2, 0) is 16.1 Å². The molecule has 3 heterocycles. The van der Waals surface area contributed by atoms with Crippen molar-refractivity contribution in [3.8, 4) is 0 Å². The molecule has 0 saturated carbocycles. The summed E-state index contributed by atoms with van der Waals surface area (Å²) in [5.74, 6) is 0.687. The van der Waals surface area contributed by atoms with Crippen molar-refractivity contribution >= 4 is 17.5 Å². The van der Waals surface area contributed by atoms with Crippen LogP contribution in [0.2, 0.25) is 0 Å². The predicted molar refractivity (Wildman–Crippen MR) is 109 cm³/mol. The lowest BCUT2D eigenvalue weighted by Gasteiger charge is -2.37. The average Bonchev–Trinajstić information content (AvgIpc) is 3.28. The number of hydrogen-bond donors (Lipinski definition) is 0. The van der Waals surface area contributed by atoms with Gasteiger partial charge in [-0.25, -0.2) is 9.67 Å². The van der Waals surface area contributed by atoms with Gasteiger partial charge in [-0.1, -0.05) is 18.2 Å². The van der Waals surface area contributed by atoms with E-state index in [0.717, 1.165) is 39.0 Å². The molecular formula is C21H28N6O2. The second kappa shape index (κ2) is 9.07. The molecule has 0 radical (unpaired) electrons. The van der Waals surface area contributed by atoms with Gasteiger partial charge in [0.15, 0.2) is 0 Å². The molecular weight excluding hydrogens is 368 g/mol. The summed E-state index contributed by atoms with van der Waals surface area (Å²) in [7, 11) is 0. The molecule has 4 rings (SSSR count). The number of amides is 2. The van der Waals surface area contributed by atoms with Gasteiger partial charge in [-0.2, -0.15) is 5.10 Å². The number of likely N-dealkylation sites (tertiary alicyclic amines) is 1. The zero-order valence-corrected chi connectivity index (χ0v) is 16.7. The van der Waals surface area contributed by atoms with Gasteiger partial charge in [-0.3, -0.25) is 9.59 Å². The molecule has 2 amide bonds. The second-order valence-corrected chi connectivity index (χ2v) is 7.82. The van der Waals surface area contributed by atoms with E-state index in [2.05, 4.69) is 39.2 Å². The summed E-state index contributed by atoms with van der Waals surface area (Å²) < 4.78 is 1.55. The van der Waals surface area contributed by atoms with E-state index in [0.29, 0.717) is 25.4 Å². The van der Waals surface area contributed by atoms with Gasteiger partial charge in [-0.15, -0.1) is 0 Å². The Morgan fingerprint density at radius 1 is 0.897 bits per heavy atom. The van der Waals surface area contributed by atoms with Crippen LogP contribution in [0.1, 0.15) is 19.3 Å². The van der Waals surface area contributed by atoms with Crippen LogP contribution in [0, 0.1) is 5.92 Å². The molecule has 8 heteroatoms. The number of anilines is 1. The highest BCUT2D eigenvalue weighted by molar-refractivity contribution is 5.77. The summed E-state index contributed by atoms with van der Waals surface area (Å²) in [5.41, 5.74) is 1.22. The van der Waals surface area contributed by atoms with Crippen molar-refractivity contribution in [3.63, 3.8) is 0 Å². The Balaban J connectivity index is 1.19. The second-order valence-electron chi connectivity index (χ2n) is 7.82. The molecule has 29 heavy (non-hydrogen) atoms. The van der Waals surface area contributed by atoms with E-state index < -0.39 is 0 Å². The first-order valence-electron chi connectivity index (χ1n) is 10.4. The smallest absolute Gasteiger partial charge is 0.244 e. The number of nitrogens with zero attached hydrogens (tertiary/aromatic N) is 6. The molecule has 0 bridgehead atoms. The summed E-state index contributed by atoms with van der Waals surface area (Å²) >= 11 is 0. The van der Waals surface area contributed by atoms with E-state index in [4.69, 9.17) is 0 Å². The van der Waals surface area contributed by atoms with Crippen LogP contribution in [0.4, 0.5) is 5.69 Å². The molecule has 2 aliphatic heterocycles. The highest BCUT2D eigenvalue weighted by Crippen LogP contribution is 2.23. The molecule has 2 saturated heterocycles. The van der Waals surface area contributed by atoms with Crippen molar-refractivity contribution in [3.05, 3.63) is 43.0 Å². The standard InChI is InChI=1S/C21H28N6O2/c28-20(26-12-10-24(11-13-26)19-4-2-1-3-5-19)14-18-6-8-25(9-7-18)21(29)15-27-17-22-16-23-27/h1-5,16-18H,6-15H2. The number of carbonyl (C=O) groups excluding carboxylic acids is 2. The Morgan fingerprint density at radius 2 is 1.59 bits per heavy atom. The zero-order chi connectivity index (χ0) is 20.1. The fraction of sp³-hybridized carbons (Fsp3) is 0.524. The van der Waals surface area contributed by atoms with E-state index in [1.54, 1.807) is 11.0 Å². The van der Waals surface area contributed by atoms with Crippen LogP contribution in [0.25, 0.3) is 0 Å². The number of benzene rings is 1. The molecule has 0 spiro atoms. The Bertz CT molecular complexity index is 794. The van der Waals surface area contributed by atoms with Gasteiger partial charge in [-0.05, 0) is 30.9 Å². The maximum atomic E-state index is 12.7. The van der Waals surface area contributed by atoms with Crippen molar-refractivity contribution in [2.75, 3.05) is 44.2 Å². The minimum Gasteiger partial charge on any atom is -0.368 e. The number of piperazine rings is 1. The molecule has 8 nitrogen and oxygen atoms in total. The fourth-order valence-corrected chi connectivity index (χ4v) is 4.17. The lowest BCUT2D eigenvalue weighted by molar-refractivity contribution is -0.134. The molecule has 0 N–H and O–H groups in total. The van der Waals surface area contributed by atoms with Crippen LogP contribution in [0.3, 0.4) is 0 Å². The molecule has 154 valence electrons. The first-order chi connectivity index (χ1) is 14.2. The van der Waals surface area contributed by atoms with E-state index in [9.17, 15) is 9.59 Å². The Labute approximate surface area is 171 Å². The van der Waals surface area contributed by atoms with Gasteiger partial charge < -0.3 is 14.7 Å². The topological polar surface area (TPSA) is 74.6 Å². The third-order valence-electron chi connectivity index (χ3n) is 5.95. The fourth-order valence-electron chi connectivity index (χ4n) is 4.17. The summed E-state index contributed by atoms with van der Waals surface area (Å²) in [6.07, 6.45) is 5.36. The van der Waals surface area contributed by atoms with Crippen molar-refractivity contribution in [1.29, 1.82) is 0 Å². The third-order valence-corrected chi connectivity index (χ3v) is 5.95. The van der Waals surface area contributed by atoms with Crippen molar-refractivity contribution < 1.29 is 9.59 Å². The van der Waals surface area contributed by atoms with Crippen LogP contribution < -0.4 is 4.90 Å². The van der Waals surface area contributed by atoms with Crippen molar-refractivity contribution in [2.45, 2.75) is 25.8 Å². The maximum Gasteiger partial charge on any atom is 0.244 e. The quantitative estimate of drug-likeness (QED) is 0.761. The number of aromatic nitrogens is 3. The summed E-state index contributed by atoms with van der Waals surface area (Å²) in [6.45, 7) is 4.98. The molecule has 1 aromatic heterocycles. The maximum absolute atomic E-state index is 12.7. The van der Waals surface area contributed by atoms with E-state index in [-0.39, 0.29) is 18.4 Å². The molecule has 2 aromatic rings. The van der Waals surface area contributed by atoms with Gasteiger partial charge in [0, 0.05) is 51.4 Å². The van der Waals surface area contributed by atoms with Crippen LogP contribution >= 0.6 is 0 Å². The SMILES string of the molecule is O=C(CC1CCN(C(=O)Cn2cncn2)CC1)N1CCN(c2ccccc2)CC1. The van der Waals surface area contributed by atoms with Gasteiger partial charge in [0.1, 0.15) is 19.2 Å². The monoisotopic (exact) mass is 396 g/mol. The highest BCUT2D eigenvalue weighted by Gasteiger charge is 2.27. The number of para-hydroxylation sites is 1. The molecule has 1 aromatic carbocycles. The number of hydrogen-bond acceptors (Lipinski definition) is 5. The first kappa shape index (κ1) is 19.4. The molecule has 0 unspecified atom stereocenters. The van der Waals surface area contributed by atoms with Gasteiger partial charge in [0.25, 0.3) is 0 Å². The minimum atomic E-state index is 0.0670. The first-order valence-corrected chi connectivity index (χ1v) is 10.4. The zero-order valence-electron chi connectivity index (χ0n) is 16.7. The lowest BCUT2D eigenvalue weighted by Crippen LogP contribution is -2.49. The van der Waals surface area contributed by atoms with E-state index in [1.165, 1.54) is 12.0 Å². The Hall–Kier alpha value is -2.90.